The molecule has 10 heteroatoms. The van der Waals surface area contributed by atoms with Crippen molar-refractivity contribution in [3.05, 3.63) is 47.3 Å². The summed E-state index contributed by atoms with van der Waals surface area (Å²) in [5.41, 5.74) is 5.25. The maximum Gasteiger partial charge on any atom is 0.269 e. The minimum atomic E-state index is -0.400. The van der Waals surface area contributed by atoms with Gasteiger partial charge < -0.3 is 9.30 Å². The van der Waals surface area contributed by atoms with E-state index in [-0.39, 0.29) is 11.7 Å². The molecule has 2 heterocycles. The van der Waals surface area contributed by atoms with E-state index in [4.69, 9.17) is 4.74 Å². The first-order chi connectivity index (χ1) is 14.1. The molecule has 2 amide bonds. The molecule has 0 atom stereocenters. The summed E-state index contributed by atoms with van der Waals surface area (Å²) in [6.45, 7) is 5.14. The predicted molar refractivity (Wildman–Crippen MR) is 113 cm³/mol. The zero-order valence-corrected chi connectivity index (χ0v) is 17.7. The van der Waals surface area contributed by atoms with Crippen LogP contribution in [0.1, 0.15) is 24.2 Å². The van der Waals surface area contributed by atoms with Gasteiger partial charge in [0.1, 0.15) is 5.75 Å². The molecule has 2 N–H and O–H groups in total. The lowest BCUT2D eigenvalue weighted by atomic mass is 10.2. The highest BCUT2D eigenvalue weighted by Crippen LogP contribution is 2.26. The van der Waals surface area contributed by atoms with Crippen molar-refractivity contribution >= 4 is 34.9 Å². The number of thiophene rings is 1. The molecular weight excluding hydrogens is 410 g/mol. The zero-order valence-electron chi connectivity index (χ0n) is 16.0. The number of nitrogens with one attached hydrogen (secondary N) is 2. The Labute approximate surface area is 176 Å². The number of thioether (sulfide) groups is 1. The minimum Gasteiger partial charge on any atom is -0.494 e. The molecule has 152 valence electrons. The van der Waals surface area contributed by atoms with Crippen LogP contribution in [-0.4, -0.2) is 38.9 Å². The molecule has 29 heavy (non-hydrogen) atoms. The summed E-state index contributed by atoms with van der Waals surface area (Å²) < 4.78 is 7.30. The molecule has 0 radical (unpaired) electrons. The zero-order chi connectivity index (χ0) is 20.6. The fourth-order valence-electron chi connectivity index (χ4n) is 2.50. The van der Waals surface area contributed by atoms with Crippen LogP contribution in [0.15, 0.2) is 46.9 Å². The number of hydrogen-bond donors (Lipinski definition) is 2. The van der Waals surface area contributed by atoms with Gasteiger partial charge in [0.05, 0.1) is 17.2 Å². The molecule has 3 aromatic rings. The smallest absolute Gasteiger partial charge is 0.269 e. The number of nitrogens with zero attached hydrogens (tertiary/aromatic N) is 3. The van der Waals surface area contributed by atoms with Crippen LogP contribution < -0.4 is 15.6 Å². The number of amides is 2. The molecule has 0 aliphatic heterocycles. The van der Waals surface area contributed by atoms with Crippen molar-refractivity contribution in [2.45, 2.75) is 25.5 Å². The van der Waals surface area contributed by atoms with Gasteiger partial charge in [-0.25, -0.2) is 0 Å². The molecule has 3 rings (SSSR count). The Morgan fingerprint density at radius 3 is 2.59 bits per heavy atom. The first kappa shape index (κ1) is 20.9. The van der Waals surface area contributed by atoms with Crippen LogP contribution >= 0.6 is 23.1 Å². The second-order valence-corrected chi connectivity index (χ2v) is 7.67. The van der Waals surface area contributed by atoms with Crippen molar-refractivity contribution in [3.63, 3.8) is 0 Å². The summed E-state index contributed by atoms with van der Waals surface area (Å²) in [5, 5.41) is 11.1. The van der Waals surface area contributed by atoms with Gasteiger partial charge in [-0.15, -0.1) is 21.5 Å². The molecule has 2 aromatic heterocycles. The quantitative estimate of drug-likeness (QED) is 0.420. The first-order valence-electron chi connectivity index (χ1n) is 9.04. The van der Waals surface area contributed by atoms with Gasteiger partial charge in [0, 0.05) is 12.1 Å². The first-order valence-corrected chi connectivity index (χ1v) is 10.9. The standard InChI is InChI=1S/C19H21N5O3S2/c1-3-24-17(15-6-5-11-28-15)21-23-19(24)29-12-16(25)20-22-18(26)13-7-9-14(10-8-13)27-4-2/h5-11H,3-4,12H2,1-2H3,(H,20,25)(H,22,26). The van der Waals surface area contributed by atoms with Crippen LogP contribution in [0, 0.1) is 0 Å². The highest BCUT2D eigenvalue weighted by Gasteiger charge is 2.15. The van der Waals surface area contributed by atoms with Gasteiger partial charge >= 0.3 is 0 Å². The molecule has 0 aliphatic rings. The average Bonchev–Trinajstić information content (AvgIpc) is 3.40. The molecule has 0 aliphatic carbocycles. The largest absolute Gasteiger partial charge is 0.494 e. The lowest BCUT2D eigenvalue weighted by Gasteiger charge is -2.09. The van der Waals surface area contributed by atoms with Gasteiger partial charge in [-0.05, 0) is 49.6 Å². The van der Waals surface area contributed by atoms with E-state index in [2.05, 4.69) is 21.0 Å². The number of hydrazine groups is 1. The van der Waals surface area contributed by atoms with Crippen molar-refractivity contribution in [1.82, 2.24) is 25.6 Å². The van der Waals surface area contributed by atoms with Crippen LogP contribution in [-0.2, 0) is 11.3 Å². The second-order valence-electron chi connectivity index (χ2n) is 5.78. The Morgan fingerprint density at radius 1 is 1.14 bits per heavy atom. The lowest BCUT2D eigenvalue weighted by Crippen LogP contribution is -2.42. The highest BCUT2D eigenvalue weighted by atomic mass is 32.2. The minimum absolute atomic E-state index is 0.103. The normalized spacial score (nSPS) is 10.6. The number of aromatic nitrogens is 3. The topological polar surface area (TPSA) is 98.1 Å². The summed E-state index contributed by atoms with van der Waals surface area (Å²) in [6, 6.07) is 10.6. The van der Waals surface area contributed by atoms with E-state index in [1.54, 1.807) is 35.6 Å². The molecular formula is C19H21N5O3S2. The van der Waals surface area contributed by atoms with E-state index in [1.165, 1.54) is 11.8 Å². The average molecular weight is 432 g/mol. The molecule has 8 nitrogen and oxygen atoms in total. The van der Waals surface area contributed by atoms with Crippen molar-refractivity contribution in [2.75, 3.05) is 12.4 Å². The summed E-state index contributed by atoms with van der Waals surface area (Å²) in [4.78, 5) is 25.3. The van der Waals surface area contributed by atoms with Gasteiger partial charge in [0.15, 0.2) is 11.0 Å². The van der Waals surface area contributed by atoms with E-state index >= 15 is 0 Å². The fraction of sp³-hybridized carbons (Fsp3) is 0.263. The van der Waals surface area contributed by atoms with Crippen molar-refractivity contribution in [2.24, 2.45) is 0 Å². The molecule has 0 fully saturated rings. The second kappa shape index (κ2) is 10.1. The molecule has 0 saturated heterocycles. The Balaban J connectivity index is 1.51. The Kier molecular flexibility index (Phi) is 7.25. The number of carbonyl (C=O) groups excluding carboxylic acids is 2. The van der Waals surface area contributed by atoms with E-state index in [0.717, 1.165) is 10.7 Å². The lowest BCUT2D eigenvalue weighted by molar-refractivity contribution is -0.119. The number of benzene rings is 1. The van der Waals surface area contributed by atoms with E-state index < -0.39 is 5.91 Å². The van der Waals surface area contributed by atoms with Gasteiger partial charge in [0.2, 0.25) is 5.91 Å². The third kappa shape index (κ3) is 5.36. The van der Waals surface area contributed by atoms with Crippen molar-refractivity contribution in [1.29, 1.82) is 0 Å². The fourth-order valence-corrected chi connectivity index (χ4v) is 4.02. The van der Waals surface area contributed by atoms with Crippen molar-refractivity contribution in [3.8, 4) is 16.5 Å². The SMILES string of the molecule is CCOc1ccc(C(=O)NNC(=O)CSc2nnc(-c3cccs3)n2CC)cc1. The molecule has 0 spiro atoms. The van der Waals surface area contributed by atoms with Gasteiger partial charge in [0.25, 0.3) is 5.91 Å². The van der Waals surface area contributed by atoms with Crippen molar-refractivity contribution < 1.29 is 14.3 Å². The van der Waals surface area contributed by atoms with Gasteiger partial charge in [-0.2, -0.15) is 0 Å². The Hall–Kier alpha value is -2.85. The van der Waals surface area contributed by atoms with Crippen LogP contribution in [0.25, 0.3) is 10.7 Å². The van der Waals surface area contributed by atoms with Crippen LogP contribution in [0.5, 0.6) is 5.75 Å². The van der Waals surface area contributed by atoms with Crippen LogP contribution in [0.3, 0.4) is 0 Å². The molecule has 0 unspecified atom stereocenters. The van der Waals surface area contributed by atoms with Crippen LogP contribution in [0.2, 0.25) is 0 Å². The Morgan fingerprint density at radius 2 is 1.93 bits per heavy atom. The highest BCUT2D eigenvalue weighted by molar-refractivity contribution is 7.99. The third-order valence-corrected chi connectivity index (χ3v) is 5.68. The summed E-state index contributed by atoms with van der Waals surface area (Å²) in [5.74, 6) is 0.841. The van der Waals surface area contributed by atoms with Gasteiger partial charge in [-0.3, -0.25) is 20.4 Å². The number of carbonyl (C=O) groups is 2. The van der Waals surface area contributed by atoms with E-state index in [9.17, 15) is 9.59 Å². The predicted octanol–water partition coefficient (Wildman–Crippen LogP) is 2.98. The number of hydrogen-bond acceptors (Lipinski definition) is 7. The molecule has 0 saturated carbocycles. The van der Waals surface area contributed by atoms with Gasteiger partial charge in [-0.1, -0.05) is 17.8 Å². The summed E-state index contributed by atoms with van der Waals surface area (Å²) >= 11 is 2.86. The summed E-state index contributed by atoms with van der Waals surface area (Å²) in [6.07, 6.45) is 0. The maximum atomic E-state index is 12.1. The van der Waals surface area contributed by atoms with E-state index in [1.807, 2.05) is 35.9 Å². The van der Waals surface area contributed by atoms with E-state index in [0.29, 0.717) is 29.6 Å². The summed E-state index contributed by atoms with van der Waals surface area (Å²) in [7, 11) is 0. The molecule has 0 bridgehead atoms. The van der Waals surface area contributed by atoms with Crippen LogP contribution in [0.4, 0.5) is 0 Å². The Bertz CT molecular complexity index is 955. The number of rotatable bonds is 8. The molecule has 1 aromatic carbocycles. The monoisotopic (exact) mass is 431 g/mol. The number of ether oxygens (including phenoxy) is 1. The third-order valence-electron chi connectivity index (χ3n) is 3.85. The maximum absolute atomic E-state index is 12.1.